The summed E-state index contributed by atoms with van der Waals surface area (Å²) >= 11 is 5.99. The van der Waals surface area contributed by atoms with Crippen molar-refractivity contribution < 1.29 is 18.9 Å². The molecule has 0 saturated heterocycles. The molecule has 0 aliphatic carbocycles. The molecule has 0 atom stereocenters. The number of rotatable bonds is 5. The Hall–Kier alpha value is -2.41. The SMILES string of the molecule is COc1cc(Oc2ncnc(N)c2Cl)cc(OC)c1OC. The lowest BCUT2D eigenvalue weighted by Gasteiger charge is -2.14. The predicted molar refractivity (Wildman–Crippen MR) is 77.6 cm³/mol. The van der Waals surface area contributed by atoms with Crippen LogP contribution in [0.25, 0.3) is 0 Å². The number of aromatic nitrogens is 2. The van der Waals surface area contributed by atoms with Crippen LogP contribution in [-0.4, -0.2) is 31.3 Å². The van der Waals surface area contributed by atoms with Gasteiger partial charge in [0.15, 0.2) is 11.5 Å². The molecule has 1 heterocycles. The van der Waals surface area contributed by atoms with Crippen molar-refractivity contribution in [3.05, 3.63) is 23.5 Å². The van der Waals surface area contributed by atoms with Crippen LogP contribution in [0.5, 0.6) is 28.9 Å². The summed E-state index contributed by atoms with van der Waals surface area (Å²) in [6.45, 7) is 0. The molecule has 2 rings (SSSR count). The van der Waals surface area contributed by atoms with Gasteiger partial charge in [0.05, 0.1) is 21.3 Å². The number of halogens is 1. The van der Waals surface area contributed by atoms with Gasteiger partial charge in [-0.2, -0.15) is 4.98 Å². The minimum absolute atomic E-state index is 0.131. The standard InChI is InChI=1S/C13H14ClN3O4/c1-18-8-4-7(5-9(19-2)11(8)20-3)21-13-10(14)12(15)16-6-17-13/h4-6H,1-3H3,(H2,15,16,17). The summed E-state index contributed by atoms with van der Waals surface area (Å²) in [5.74, 6) is 2.03. The van der Waals surface area contributed by atoms with Crippen molar-refractivity contribution >= 4 is 17.4 Å². The van der Waals surface area contributed by atoms with E-state index in [0.717, 1.165) is 0 Å². The number of hydrogen-bond acceptors (Lipinski definition) is 7. The van der Waals surface area contributed by atoms with Crippen molar-refractivity contribution in [1.82, 2.24) is 9.97 Å². The van der Waals surface area contributed by atoms with Gasteiger partial charge in [0.1, 0.15) is 22.9 Å². The van der Waals surface area contributed by atoms with Crippen LogP contribution in [0.15, 0.2) is 18.5 Å². The first-order valence-electron chi connectivity index (χ1n) is 5.84. The molecule has 8 heteroatoms. The average molecular weight is 312 g/mol. The molecule has 2 N–H and O–H groups in total. The lowest BCUT2D eigenvalue weighted by molar-refractivity contribution is 0.320. The summed E-state index contributed by atoms with van der Waals surface area (Å²) in [6, 6.07) is 3.24. The summed E-state index contributed by atoms with van der Waals surface area (Å²) < 4.78 is 21.3. The zero-order chi connectivity index (χ0) is 15.4. The summed E-state index contributed by atoms with van der Waals surface area (Å²) in [4.78, 5) is 7.69. The van der Waals surface area contributed by atoms with Crippen molar-refractivity contribution in [3.63, 3.8) is 0 Å². The van der Waals surface area contributed by atoms with Crippen LogP contribution in [0, 0.1) is 0 Å². The molecule has 0 fully saturated rings. The normalized spacial score (nSPS) is 10.1. The fourth-order valence-electron chi connectivity index (χ4n) is 1.67. The molecule has 112 valence electrons. The second-order valence-electron chi connectivity index (χ2n) is 3.84. The summed E-state index contributed by atoms with van der Waals surface area (Å²) in [6.07, 6.45) is 1.26. The van der Waals surface area contributed by atoms with E-state index < -0.39 is 0 Å². The van der Waals surface area contributed by atoms with Gasteiger partial charge < -0.3 is 24.7 Å². The highest BCUT2D eigenvalue weighted by Crippen LogP contribution is 2.42. The molecule has 0 bridgehead atoms. The molecule has 0 unspecified atom stereocenters. The van der Waals surface area contributed by atoms with Gasteiger partial charge in [-0.05, 0) is 0 Å². The van der Waals surface area contributed by atoms with Crippen molar-refractivity contribution in [1.29, 1.82) is 0 Å². The Balaban J connectivity index is 2.43. The van der Waals surface area contributed by atoms with Crippen molar-refractivity contribution in [3.8, 4) is 28.9 Å². The van der Waals surface area contributed by atoms with Gasteiger partial charge in [-0.3, -0.25) is 0 Å². The van der Waals surface area contributed by atoms with E-state index in [1.165, 1.54) is 27.7 Å². The molecule has 0 radical (unpaired) electrons. The van der Waals surface area contributed by atoms with E-state index in [1.54, 1.807) is 12.1 Å². The van der Waals surface area contributed by atoms with Gasteiger partial charge in [-0.15, -0.1) is 0 Å². The highest BCUT2D eigenvalue weighted by atomic mass is 35.5. The van der Waals surface area contributed by atoms with Crippen LogP contribution >= 0.6 is 11.6 Å². The Bertz CT molecular complexity index is 626. The second-order valence-corrected chi connectivity index (χ2v) is 4.22. The van der Waals surface area contributed by atoms with Gasteiger partial charge in [0.2, 0.25) is 11.6 Å². The van der Waals surface area contributed by atoms with E-state index in [4.69, 9.17) is 36.3 Å². The minimum Gasteiger partial charge on any atom is -0.493 e. The molecule has 0 amide bonds. The lowest BCUT2D eigenvalue weighted by Crippen LogP contribution is -1.98. The molecule has 0 spiro atoms. The van der Waals surface area contributed by atoms with E-state index in [0.29, 0.717) is 23.0 Å². The number of methoxy groups -OCH3 is 3. The number of benzene rings is 1. The quantitative estimate of drug-likeness (QED) is 0.907. The molecule has 1 aromatic heterocycles. The molecule has 0 aliphatic heterocycles. The second kappa shape index (κ2) is 6.36. The van der Waals surface area contributed by atoms with Crippen LogP contribution in [0.3, 0.4) is 0 Å². The molecule has 0 saturated carbocycles. The van der Waals surface area contributed by atoms with Crippen LogP contribution in [0.1, 0.15) is 0 Å². The van der Waals surface area contributed by atoms with Gasteiger partial charge >= 0.3 is 0 Å². The Morgan fingerprint density at radius 1 is 1.00 bits per heavy atom. The van der Waals surface area contributed by atoms with Crippen LogP contribution < -0.4 is 24.7 Å². The van der Waals surface area contributed by atoms with E-state index in [9.17, 15) is 0 Å². The van der Waals surface area contributed by atoms with Crippen LogP contribution in [0.4, 0.5) is 5.82 Å². The Labute approximate surface area is 126 Å². The third-order valence-corrected chi connectivity index (χ3v) is 2.99. The van der Waals surface area contributed by atoms with Crippen LogP contribution in [0.2, 0.25) is 5.02 Å². The molecular formula is C13H14ClN3O4. The highest BCUT2D eigenvalue weighted by Gasteiger charge is 2.16. The van der Waals surface area contributed by atoms with Gasteiger partial charge in [-0.25, -0.2) is 4.98 Å². The van der Waals surface area contributed by atoms with E-state index in [1.807, 2.05) is 0 Å². The van der Waals surface area contributed by atoms with Gasteiger partial charge in [0.25, 0.3) is 0 Å². The third-order valence-electron chi connectivity index (χ3n) is 2.64. The maximum Gasteiger partial charge on any atom is 0.243 e. The maximum absolute atomic E-state index is 5.99. The Morgan fingerprint density at radius 2 is 1.62 bits per heavy atom. The van der Waals surface area contributed by atoms with Crippen molar-refractivity contribution in [2.24, 2.45) is 0 Å². The summed E-state index contributed by atoms with van der Waals surface area (Å²) in [5, 5.41) is 0.131. The fourth-order valence-corrected chi connectivity index (χ4v) is 1.80. The van der Waals surface area contributed by atoms with Crippen molar-refractivity contribution in [2.75, 3.05) is 27.1 Å². The Morgan fingerprint density at radius 3 is 2.14 bits per heavy atom. The topological polar surface area (TPSA) is 88.7 Å². The third kappa shape index (κ3) is 3.03. The molecular weight excluding hydrogens is 298 g/mol. The molecule has 1 aromatic carbocycles. The number of nitrogens with zero attached hydrogens (tertiary/aromatic N) is 2. The first kappa shape index (κ1) is 15.0. The van der Waals surface area contributed by atoms with Gasteiger partial charge in [-0.1, -0.05) is 11.6 Å². The number of hydrogen-bond donors (Lipinski definition) is 1. The van der Waals surface area contributed by atoms with Crippen LogP contribution in [-0.2, 0) is 0 Å². The van der Waals surface area contributed by atoms with Crippen molar-refractivity contribution in [2.45, 2.75) is 0 Å². The monoisotopic (exact) mass is 311 g/mol. The van der Waals surface area contributed by atoms with E-state index in [2.05, 4.69) is 9.97 Å². The first-order chi connectivity index (χ1) is 10.1. The van der Waals surface area contributed by atoms with E-state index in [-0.39, 0.29) is 16.7 Å². The molecule has 0 aliphatic rings. The molecule has 7 nitrogen and oxygen atoms in total. The average Bonchev–Trinajstić information content (AvgIpc) is 2.50. The maximum atomic E-state index is 5.99. The zero-order valence-corrected chi connectivity index (χ0v) is 12.5. The highest BCUT2D eigenvalue weighted by molar-refractivity contribution is 6.34. The zero-order valence-electron chi connectivity index (χ0n) is 11.7. The first-order valence-corrected chi connectivity index (χ1v) is 6.22. The summed E-state index contributed by atoms with van der Waals surface area (Å²) in [5.41, 5.74) is 5.60. The predicted octanol–water partition coefficient (Wildman–Crippen LogP) is 2.53. The number of ether oxygens (including phenoxy) is 4. The number of nitrogen functional groups attached to an aromatic ring is 1. The molecule has 21 heavy (non-hydrogen) atoms. The van der Waals surface area contributed by atoms with E-state index >= 15 is 0 Å². The number of nitrogens with two attached hydrogens (primary N) is 1. The van der Waals surface area contributed by atoms with Gasteiger partial charge in [0, 0.05) is 12.1 Å². The fraction of sp³-hybridized carbons (Fsp3) is 0.231. The Kier molecular flexibility index (Phi) is 4.54. The number of anilines is 1. The smallest absolute Gasteiger partial charge is 0.243 e. The largest absolute Gasteiger partial charge is 0.493 e. The molecule has 2 aromatic rings. The minimum atomic E-state index is 0.131. The lowest BCUT2D eigenvalue weighted by atomic mass is 10.2. The summed E-state index contributed by atoms with van der Waals surface area (Å²) in [7, 11) is 4.54.